The number of nitrogens with zero attached hydrogens (tertiary/aromatic N) is 3. The first-order valence-electron chi connectivity index (χ1n) is 6.80. The van der Waals surface area contributed by atoms with Crippen LogP contribution in [-0.2, 0) is 0 Å². The lowest BCUT2D eigenvalue weighted by Crippen LogP contribution is -2.09. The summed E-state index contributed by atoms with van der Waals surface area (Å²) in [5, 5.41) is 1.04. The second-order valence-corrected chi connectivity index (χ2v) is 5.04. The third kappa shape index (κ3) is 1.71. The molecule has 0 saturated heterocycles. The smallest absolute Gasteiger partial charge is 0.201 e. The highest BCUT2D eigenvalue weighted by atomic mass is 16.3. The molecule has 0 aliphatic carbocycles. The van der Waals surface area contributed by atoms with Gasteiger partial charge in [0.05, 0.1) is 29.5 Å². The number of rotatable bonds is 2. The van der Waals surface area contributed by atoms with Crippen molar-refractivity contribution in [1.29, 1.82) is 0 Å². The average molecular weight is 278 g/mol. The van der Waals surface area contributed by atoms with Crippen LogP contribution in [0, 0.1) is 0 Å². The fourth-order valence-corrected chi connectivity index (χ4v) is 2.79. The fourth-order valence-electron chi connectivity index (χ4n) is 2.79. The molecule has 104 valence electrons. The van der Waals surface area contributed by atoms with Gasteiger partial charge < -0.3 is 10.2 Å². The van der Waals surface area contributed by atoms with Gasteiger partial charge in [0.2, 0.25) is 5.95 Å². The van der Waals surface area contributed by atoms with E-state index in [1.807, 2.05) is 47.9 Å². The molecule has 1 aromatic carbocycles. The predicted octanol–water partition coefficient (Wildman–Crippen LogP) is 3.37. The van der Waals surface area contributed by atoms with Crippen molar-refractivity contribution in [3.05, 3.63) is 54.6 Å². The highest BCUT2D eigenvalue weighted by molar-refractivity contribution is 6.03. The van der Waals surface area contributed by atoms with Gasteiger partial charge in [-0.2, -0.15) is 0 Å². The molecule has 0 amide bonds. The minimum Gasteiger partial charge on any atom is -0.467 e. The summed E-state index contributed by atoms with van der Waals surface area (Å²) in [7, 11) is 0. The summed E-state index contributed by atoms with van der Waals surface area (Å²) in [5.41, 5.74) is 8.85. The second kappa shape index (κ2) is 4.34. The van der Waals surface area contributed by atoms with Crippen LogP contribution in [0.5, 0.6) is 0 Å². The summed E-state index contributed by atoms with van der Waals surface area (Å²) >= 11 is 0. The molecule has 3 heterocycles. The Balaban J connectivity index is 2.08. The number of pyridine rings is 1. The summed E-state index contributed by atoms with van der Waals surface area (Å²) < 4.78 is 7.51. The van der Waals surface area contributed by atoms with E-state index in [9.17, 15) is 0 Å². The van der Waals surface area contributed by atoms with Crippen LogP contribution in [0.1, 0.15) is 18.7 Å². The number of hydrogen-bond donors (Lipinski definition) is 1. The van der Waals surface area contributed by atoms with Crippen LogP contribution in [0.15, 0.2) is 53.3 Å². The summed E-state index contributed by atoms with van der Waals surface area (Å²) in [5.74, 6) is 1.31. The van der Waals surface area contributed by atoms with Crippen molar-refractivity contribution >= 4 is 27.9 Å². The Morgan fingerprint density at radius 3 is 2.81 bits per heavy atom. The van der Waals surface area contributed by atoms with Crippen molar-refractivity contribution in [2.75, 3.05) is 5.73 Å². The van der Waals surface area contributed by atoms with Crippen LogP contribution in [0.2, 0.25) is 0 Å². The third-order valence-corrected chi connectivity index (χ3v) is 3.79. The number of fused-ring (bicyclic) bond motifs is 3. The molecule has 1 atom stereocenters. The molecule has 0 aliphatic heterocycles. The lowest BCUT2D eigenvalue weighted by atomic mass is 10.1. The highest BCUT2D eigenvalue weighted by Crippen LogP contribution is 2.31. The molecule has 2 N–H and O–H groups in total. The maximum atomic E-state index is 6.13. The summed E-state index contributed by atoms with van der Waals surface area (Å²) in [6.45, 7) is 2.05. The van der Waals surface area contributed by atoms with Crippen molar-refractivity contribution in [2.45, 2.75) is 13.0 Å². The highest BCUT2D eigenvalue weighted by Gasteiger charge is 2.19. The van der Waals surface area contributed by atoms with E-state index in [1.54, 1.807) is 12.5 Å². The van der Waals surface area contributed by atoms with Crippen LogP contribution in [0.25, 0.3) is 21.9 Å². The van der Waals surface area contributed by atoms with Crippen LogP contribution >= 0.6 is 0 Å². The molecule has 4 rings (SSSR count). The Hall–Kier alpha value is -2.82. The minimum absolute atomic E-state index is 0.0317. The normalized spacial score (nSPS) is 13.0. The molecule has 21 heavy (non-hydrogen) atoms. The van der Waals surface area contributed by atoms with Gasteiger partial charge in [-0.05, 0) is 25.1 Å². The number of nitrogens with two attached hydrogens (primary N) is 1. The predicted molar refractivity (Wildman–Crippen MR) is 82.0 cm³/mol. The van der Waals surface area contributed by atoms with Crippen LogP contribution in [-0.4, -0.2) is 14.5 Å². The number of imidazole rings is 1. The summed E-state index contributed by atoms with van der Waals surface area (Å²) in [6, 6.07) is 11.8. The number of benzene rings is 1. The quantitative estimate of drug-likeness (QED) is 0.610. The maximum Gasteiger partial charge on any atom is 0.201 e. The zero-order valence-corrected chi connectivity index (χ0v) is 11.5. The number of aromatic nitrogens is 3. The Morgan fingerprint density at radius 1 is 1.14 bits per heavy atom. The van der Waals surface area contributed by atoms with Crippen molar-refractivity contribution in [3.63, 3.8) is 0 Å². The van der Waals surface area contributed by atoms with Gasteiger partial charge in [0.25, 0.3) is 0 Å². The number of nitrogen functional groups attached to an aromatic ring is 1. The van der Waals surface area contributed by atoms with Gasteiger partial charge in [0.15, 0.2) is 0 Å². The van der Waals surface area contributed by atoms with Gasteiger partial charge >= 0.3 is 0 Å². The van der Waals surface area contributed by atoms with Gasteiger partial charge in [-0.1, -0.05) is 18.2 Å². The van der Waals surface area contributed by atoms with Gasteiger partial charge in [0, 0.05) is 5.39 Å². The topological polar surface area (TPSA) is 69.9 Å². The number of anilines is 1. The average Bonchev–Trinajstić information content (AvgIpc) is 3.13. The minimum atomic E-state index is -0.0317. The van der Waals surface area contributed by atoms with E-state index in [4.69, 9.17) is 10.2 Å². The first-order valence-corrected chi connectivity index (χ1v) is 6.80. The SMILES string of the molecule is CC(c1ccco1)n1c(N)nc2cnc3ccccc3c21. The summed E-state index contributed by atoms with van der Waals surface area (Å²) in [4.78, 5) is 8.86. The number of furan rings is 1. The maximum absolute atomic E-state index is 6.13. The van der Waals surface area contributed by atoms with E-state index in [0.29, 0.717) is 5.95 Å². The lowest BCUT2D eigenvalue weighted by molar-refractivity contribution is 0.453. The molecule has 0 spiro atoms. The molecule has 5 heteroatoms. The second-order valence-electron chi connectivity index (χ2n) is 5.04. The number of hydrogen-bond acceptors (Lipinski definition) is 4. The van der Waals surface area contributed by atoms with Crippen molar-refractivity contribution < 1.29 is 4.42 Å². The van der Waals surface area contributed by atoms with Crippen LogP contribution < -0.4 is 5.73 Å². The molecule has 1 unspecified atom stereocenters. The fraction of sp³-hybridized carbons (Fsp3) is 0.125. The van der Waals surface area contributed by atoms with E-state index in [0.717, 1.165) is 27.7 Å². The van der Waals surface area contributed by atoms with E-state index in [-0.39, 0.29) is 6.04 Å². The molecule has 4 aromatic rings. The first kappa shape index (κ1) is 12.0. The number of para-hydroxylation sites is 1. The van der Waals surface area contributed by atoms with Crippen molar-refractivity contribution in [3.8, 4) is 0 Å². The molecule has 3 aromatic heterocycles. The zero-order valence-electron chi connectivity index (χ0n) is 11.5. The Bertz CT molecular complexity index is 924. The molecular formula is C16H14N4O. The van der Waals surface area contributed by atoms with Gasteiger partial charge in [-0.25, -0.2) is 4.98 Å². The molecule has 0 bridgehead atoms. The van der Waals surface area contributed by atoms with E-state index in [1.165, 1.54) is 0 Å². The third-order valence-electron chi connectivity index (χ3n) is 3.79. The monoisotopic (exact) mass is 278 g/mol. The molecular weight excluding hydrogens is 264 g/mol. The summed E-state index contributed by atoms with van der Waals surface area (Å²) in [6.07, 6.45) is 3.43. The van der Waals surface area contributed by atoms with Gasteiger partial charge in [0.1, 0.15) is 11.3 Å². The van der Waals surface area contributed by atoms with Crippen molar-refractivity contribution in [1.82, 2.24) is 14.5 Å². The standard InChI is InChI=1S/C16H14N4O/c1-10(14-7-4-8-21-14)20-15-11-5-2-3-6-12(11)18-9-13(15)19-16(20)17/h2-10H,1H3,(H2,17,19). The van der Waals surface area contributed by atoms with E-state index in [2.05, 4.69) is 9.97 Å². The largest absolute Gasteiger partial charge is 0.467 e. The Kier molecular flexibility index (Phi) is 2.47. The van der Waals surface area contributed by atoms with Gasteiger partial charge in [-0.15, -0.1) is 0 Å². The van der Waals surface area contributed by atoms with Crippen molar-refractivity contribution in [2.24, 2.45) is 0 Å². The van der Waals surface area contributed by atoms with E-state index < -0.39 is 0 Å². The molecule has 0 radical (unpaired) electrons. The first-order chi connectivity index (χ1) is 10.3. The van der Waals surface area contributed by atoms with Gasteiger partial charge in [-0.3, -0.25) is 9.55 Å². The Morgan fingerprint density at radius 2 is 2.00 bits per heavy atom. The molecule has 0 fully saturated rings. The van der Waals surface area contributed by atoms with E-state index >= 15 is 0 Å². The Labute approximate surface area is 121 Å². The van der Waals surface area contributed by atoms with Crippen LogP contribution in [0.3, 0.4) is 0 Å². The molecule has 0 aliphatic rings. The lowest BCUT2D eigenvalue weighted by Gasteiger charge is -2.14. The molecule has 0 saturated carbocycles. The zero-order chi connectivity index (χ0) is 14.4. The molecule has 5 nitrogen and oxygen atoms in total. The van der Waals surface area contributed by atoms with Crippen LogP contribution in [0.4, 0.5) is 5.95 Å².